The number of carbonyl (C=O) groups excluding carboxylic acids is 1. The number of halogens is 1. The summed E-state index contributed by atoms with van der Waals surface area (Å²) in [5.41, 5.74) is 3.86. The lowest BCUT2D eigenvalue weighted by atomic mass is 10.1. The molecule has 0 aliphatic carbocycles. The van der Waals surface area contributed by atoms with E-state index in [2.05, 4.69) is 24.4 Å². The SMILES string of the molecule is CCC(=O)Nc1cccc(Cl)c1COc1ccc(CC)cc1C. The summed E-state index contributed by atoms with van der Waals surface area (Å²) < 4.78 is 5.92. The third kappa shape index (κ3) is 4.49. The summed E-state index contributed by atoms with van der Waals surface area (Å²) >= 11 is 6.28. The molecular formula is C19H22ClNO2. The van der Waals surface area contributed by atoms with Crippen LogP contribution in [0.2, 0.25) is 5.02 Å². The van der Waals surface area contributed by atoms with Crippen molar-refractivity contribution < 1.29 is 9.53 Å². The van der Waals surface area contributed by atoms with E-state index in [9.17, 15) is 4.79 Å². The molecule has 1 N–H and O–H groups in total. The zero-order valence-corrected chi connectivity index (χ0v) is 14.5. The van der Waals surface area contributed by atoms with Gasteiger partial charge in [-0.05, 0) is 42.7 Å². The molecule has 0 saturated heterocycles. The maximum Gasteiger partial charge on any atom is 0.224 e. The number of anilines is 1. The predicted molar refractivity (Wildman–Crippen MR) is 95.3 cm³/mol. The molecule has 0 bridgehead atoms. The number of hydrogen-bond donors (Lipinski definition) is 1. The second kappa shape index (κ2) is 8.02. The number of amides is 1. The lowest BCUT2D eigenvalue weighted by Gasteiger charge is -2.15. The molecule has 0 radical (unpaired) electrons. The fourth-order valence-electron chi connectivity index (χ4n) is 2.30. The van der Waals surface area contributed by atoms with Crippen LogP contribution in [-0.4, -0.2) is 5.91 Å². The summed E-state index contributed by atoms with van der Waals surface area (Å²) in [4.78, 5) is 11.6. The van der Waals surface area contributed by atoms with Gasteiger partial charge in [0.05, 0.1) is 0 Å². The van der Waals surface area contributed by atoms with E-state index in [0.717, 1.165) is 23.3 Å². The molecule has 3 nitrogen and oxygen atoms in total. The van der Waals surface area contributed by atoms with Crippen molar-refractivity contribution in [1.82, 2.24) is 0 Å². The summed E-state index contributed by atoms with van der Waals surface area (Å²) in [6.07, 6.45) is 1.42. The van der Waals surface area contributed by atoms with Crippen LogP contribution in [0.4, 0.5) is 5.69 Å². The number of carbonyl (C=O) groups is 1. The maximum absolute atomic E-state index is 11.6. The van der Waals surface area contributed by atoms with Crippen molar-refractivity contribution in [2.75, 3.05) is 5.32 Å². The Morgan fingerprint density at radius 2 is 2.00 bits per heavy atom. The molecule has 23 heavy (non-hydrogen) atoms. The summed E-state index contributed by atoms with van der Waals surface area (Å²) in [6, 6.07) is 11.6. The van der Waals surface area contributed by atoms with Gasteiger partial charge in [-0.3, -0.25) is 4.79 Å². The number of rotatable bonds is 6. The van der Waals surface area contributed by atoms with E-state index in [1.165, 1.54) is 5.56 Å². The van der Waals surface area contributed by atoms with Gasteiger partial charge >= 0.3 is 0 Å². The van der Waals surface area contributed by atoms with Gasteiger partial charge in [-0.2, -0.15) is 0 Å². The Morgan fingerprint density at radius 3 is 2.65 bits per heavy atom. The summed E-state index contributed by atoms with van der Waals surface area (Å²) in [7, 11) is 0. The molecule has 0 aliphatic heterocycles. The zero-order valence-electron chi connectivity index (χ0n) is 13.8. The molecule has 0 aliphatic rings. The van der Waals surface area contributed by atoms with Crippen molar-refractivity contribution in [1.29, 1.82) is 0 Å². The van der Waals surface area contributed by atoms with Crippen LogP contribution in [0.25, 0.3) is 0 Å². The average molecular weight is 332 g/mol. The first-order valence-electron chi connectivity index (χ1n) is 7.84. The van der Waals surface area contributed by atoms with Crippen LogP contribution in [0, 0.1) is 6.92 Å². The number of ether oxygens (including phenoxy) is 1. The highest BCUT2D eigenvalue weighted by Crippen LogP contribution is 2.27. The fourth-order valence-corrected chi connectivity index (χ4v) is 2.53. The normalized spacial score (nSPS) is 10.4. The van der Waals surface area contributed by atoms with Gasteiger partial charge in [-0.25, -0.2) is 0 Å². The van der Waals surface area contributed by atoms with E-state index < -0.39 is 0 Å². The quantitative estimate of drug-likeness (QED) is 0.796. The molecule has 2 aromatic carbocycles. The minimum absolute atomic E-state index is 0.0444. The molecule has 0 heterocycles. The molecule has 0 atom stereocenters. The largest absolute Gasteiger partial charge is 0.488 e. The van der Waals surface area contributed by atoms with E-state index in [1.807, 2.05) is 32.0 Å². The molecule has 0 aromatic heterocycles. The van der Waals surface area contributed by atoms with Crippen molar-refractivity contribution >= 4 is 23.2 Å². The average Bonchev–Trinajstić information content (AvgIpc) is 2.55. The predicted octanol–water partition coefficient (Wildman–Crippen LogP) is 5.14. The van der Waals surface area contributed by atoms with Crippen molar-refractivity contribution in [3.05, 3.63) is 58.1 Å². The van der Waals surface area contributed by atoms with Gasteiger partial charge in [0.2, 0.25) is 5.91 Å². The van der Waals surface area contributed by atoms with Crippen LogP contribution in [0.15, 0.2) is 36.4 Å². The van der Waals surface area contributed by atoms with Gasteiger partial charge in [0, 0.05) is 22.7 Å². The first-order chi connectivity index (χ1) is 11.0. The van der Waals surface area contributed by atoms with Crippen LogP contribution in [0.1, 0.15) is 37.0 Å². The molecule has 0 unspecified atom stereocenters. The van der Waals surface area contributed by atoms with Crippen molar-refractivity contribution in [3.63, 3.8) is 0 Å². The van der Waals surface area contributed by atoms with E-state index in [1.54, 1.807) is 6.07 Å². The monoisotopic (exact) mass is 331 g/mol. The van der Waals surface area contributed by atoms with E-state index in [4.69, 9.17) is 16.3 Å². The maximum atomic E-state index is 11.6. The van der Waals surface area contributed by atoms with Crippen LogP contribution in [0.3, 0.4) is 0 Å². The van der Waals surface area contributed by atoms with Crippen LogP contribution in [0.5, 0.6) is 5.75 Å². The van der Waals surface area contributed by atoms with Crippen LogP contribution >= 0.6 is 11.6 Å². The second-order valence-electron chi connectivity index (χ2n) is 5.41. The molecule has 1 amide bonds. The Labute approximate surface area is 142 Å². The number of nitrogens with one attached hydrogen (secondary N) is 1. The Kier molecular flexibility index (Phi) is 6.05. The van der Waals surface area contributed by atoms with E-state index in [0.29, 0.717) is 23.7 Å². The number of aryl methyl sites for hydroxylation is 2. The molecule has 122 valence electrons. The highest BCUT2D eigenvalue weighted by Gasteiger charge is 2.11. The van der Waals surface area contributed by atoms with Gasteiger partial charge in [-0.15, -0.1) is 0 Å². The first kappa shape index (κ1) is 17.4. The third-order valence-electron chi connectivity index (χ3n) is 3.73. The second-order valence-corrected chi connectivity index (χ2v) is 5.82. The van der Waals surface area contributed by atoms with Crippen LogP contribution < -0.4 is 10.1 Å². The standard InChI is InChI=1S/C19H22ClNO2/c1-4-14-9-10-18(13(3)11-14)23-12-15-16(20)7-6-8-17(15)21-19(22)5-2/h6-11H,4-5,12H2,1-3H3,(H,21,22). The van der Waals surface area contributed by atoms with Gasteiger partial charge in [0.1, 0.15) is 12.4 Å². The number of hydrogen-bond acceptors (Lipinski definition) is 2. The third-order valence-corrected chi connectivity index (χ3v) is 4.09. The Morgan fingerprint density at radius 1 is 1.22 bits per heavy atom. The lowest BCUT2D eigenvalue weighted by molar-refractivity contribution is -0.115. The molecule has 0 saturated carbocycles. The summed E-state index contributed by atoms with van der Waals surface area (Å²) in [6.45, 7) is 6.28. The number of benzene rings is 2. The molecule has 2 rings (SSSR count). The lowest BCUT2D eigenvalue weighted by Crippen LogP contribution is -2.12. The molecule has 0 spiro atoms. The minimum Gasteiger partial charge on any atom is -0.488 e. The van der Waals surface area contributed by atoms with Crippen LogP contribution in [-0.2, 0) is 17.8 Å². The topological polar surface area (TPSA) is 38.3 Å². The minimum atomic E-state index is -0.0444. The highest BCUT2D eigenvalue weighted by atomic mass is 35.5. The smallest absolute Gasteiger partial charge is 0.224 e. The molecule has 2 aromatic rings. The molecule has 0 fully saturated rings. The fraction of sp³-hybridized carbons (Fsp3) is 0.316. The summed E-state index contributed by atoms with van der Waals surface area (Å²) in [5, 5.41) is 3.45. The highest BCUT2D eigenvalue weighted by molar-refractivity contribution is 6.31. The van der Waals surface area contributed by atoms with Crippen molar-refractivity contribution in [2.45, 2.75) is 40.2 Å². The summed E-state index contributed by atoms with van der Waals surface area (Å²) in [5.74, 6) is 0.784. The van der Waals surface area contributed by atoms with E-state index in [-0.39, 0.29) is 5.91 Å². The van der Waals surface area contributed by atoms with Gasteiger partial charge in [0.25, 0.3) is 0 Å². The van der Waals surface area contributed by atoms with Crippen molar-refractivity contribution in [2.24, 2.45) is 0 Å². The Bertz CT molecular complexity index is 698. The molecule has 4 heteroatoms. The van der Waals surface area contributed by atoms with Gasteiger partial charge in [0.15, 0.2) is 0 Å². The van der Waals surface area contributed by atoms with E-state index >= 15 is 0 Å². The van der Waals surface area contributed by atoms with Gasteiger partial charge in [-0.1, -0.05) is 43.6 Å². The zero-order chi connectivity index (χ0) is 16.8. The van der Waals surface area contributed by atoms with Gasteiger partial charge < -0.3 is 10.1 Å². The Balaban J connectivity index is 2.18. The van der Waals surface area contributed by atoms with Crippen molar-refractivity contribution in [3.8, 4) is 5.75 Å². The first-order valence-corrected chi connectivity index (χ1v) is 8.22. The molecular weight excluding hydrogens is 310 g/mol. The Hall–Kier alpha value is -2.00.